The molecule has 2 bridgehead atoms. The quantitative estimate of drug-likeness (QED) is 0.536. The van der Waals surface area contributed by atoms with E-state index in [2.05, 4.69) is 38.5 Å². The molecule has 3 atom stereocenters. The molecule has 3 unspecified atom stereocenters. The van der Waals surface area contributed by atoms with Gasteiger partial charge >= 0.3 is 0 Å². The van der Waals surface area contributed by atoms with Gasteiger partial charge in [0.1, 0.15) is 0 Å². The summed E-state index contributed by atoms with van der Waals surface area (Å²) in [4.78, 5) is 0. The Morgan fingerprint density at radius 3 is 2.82 bits per heavy atom. The summed E-state index contributed by atoms with van der Waals surface area (Å²) >= 11 is 6.26. The molecule has 0 nitrogen and oxygen atoms in total. The first-order valence-electron chi connectivity index (χ1n) is 4.43. The van der Waals surface area contributed by atoms with Crippen LogP contribution < -0.4 is 0 Å². The summed E-state index contributed by atoms with van der Waals surface area (Å²) in [6.07, 6.45) is 6.05. The van der Waals surface area contributed by atoms with E-state index in [9.17, 15) is 0 Å². The minimum atomic E-state index is 0.728. The van der Waals surface area contributed by atoms with E-state index in [1.165, 1.54) is 35.4 Å². The number of hydrogen-bond acceptors (Lipinski definition) is 0. The fourth-order valence-corrected chi connectivity index (χ4v) is 5.21. The second-order valence-corrected chi connectivity index (χ2v) is 5.63. The SMILES string of the molecule is BrCC12CCC(CC1CI)C2. The predicted molar refractivity (Wildman–Crippen MR) is 60.6 cm³/mol. The van der Waals surface area contributed by atoms with Crippen LogP contribution in [0.25, 0.3) is 0 Å². The molecule has 0 aromatic heterocycles. The molecule has 64 valence electrons. The summed E-state index contributed by atoms with van der Waals surface area (Å²) in [5.41, 5.74) is 0.728. The molecule has 2 fully saturated rings. The second-order valence-electron chi connectivity index (χ2n) is 4.19. The molecule has 0 aromatic rings. The van der Waals surface area contributed by atoms with Crippen LogP contribution in [0.2, 0.25) is 0 Å². The van der Waals surface area contributed by atoms with Crippen LogP contribution in [0.1, 0.15) is 25.7 Å². The van der Waals surface area contributed by atoms with Gasteiger partial charge in [-0.05, 0) is 42.9 Å². The van der Waals surface area contributed by atoms with Crippen LogP contribution in [0, 0.1) is 17.3 Å². The molecular weight excluding hydrogens is 315 g/mol. The molecule has 0 aliphatic heterocycles. The summed E-state index contributed by atoms with van der Waals surface area (Å²) < 4.78 is 1.37. The summed E-state index contributed by atoms with van der Waals surface area (Å²) in [7, 11) is 0. The summed E-state index contributed by atoms with van der Waals surface area (Å²) in [6.45, 7) is 0. The Kier molecular flexibility index (Phi) is 2.53. The molecule has 2 saturated carbocycles. The molecule has 2 rings (SSSR count). The van der Waals surface area contributed by atoms with E-state index in [1.807, 2.05) is 0 Å². The minimum absolute atomic E-state index is 0.728. The largest absolute Gasteiger partial charge is 0.0922 e. The molecule has 2 aliphatic rings. The monoisotopic (exact) mass is 328 g/mol. The molecule has 0 heterocycles. The van der Waals surface area contributed by atoms with Gasteiger partial charge in [0.2, 0.25) is 0 Å². The van der Waals surface area contributed by atoms with E-state index in [4.69, 9.17) is 0 Å². The zero-order valence-electron chi connectivity index (χ0n) is 6.65. The van der Waals surface area contributed by atoms with Crippen molar-refractivity contribution in [3.05, 3.63) is 0 Å². The lowest BCUT2D eigenvalue weighted by molar-refractivity contribution is 0.245. The van der Waals surface area contributed by atoms with Gasteiger partial charge < -0.3 is 0 Å². The highest BCUT2D eigenvalue weighted by molar-refractivity contribution is 14.1. The standard InChI is InChI=1S/C9H14BrI/c10-6-9-2-1-7(4-9)3-8(9)5-11/h7-8H,1-6H2. The maximum atomic E-state index is 3.70. The minimum Gasteiger partial charge on any atom is -0.0922 e. The highest BCUT2D eigenvalue weighted by Crippen LogP contribution is 2.58. The van der Waals surface area contributed by atoms with Crippen molar-refractivity contribution < 1.29 is 0 Å². The number of rotatable bonds is 2. The van der Waals surface area contributed by atoms with Crippen LogP contribution in [-0.2, 0) is 0 Å². The Morgan fingerprint density at radius 1 is 1.55 bits per heavy atom. The van der Waals surface area contributed by atoms with Crippen LogP contribution >= 0.6 is 38.5 Å². The van der Waals surface area contributed by atoms with Crippen molar-refractivity contribution in [2.75, 3.05) is 9.76 Å². The highest BCUT2D eigenvalue weighted by Gasteiger charge is 2.50. The van der Waals surface area contributed by atoms with Crippen molar-refractivity contribution >= 4 is 38.5 Å². The van der Waals surface area contributed by atoms with Crippen LogP contribution in [0.4, 0.5) is 0 Å². The Bertz CT molecular complexity index is 160. The first-order chi connectivity index (χ1) is 5.30. The molecule has 2 heteroatoms. The van der Waals surface area contributed by atoms with E-state index in [0.29, 0.717) is 0 Å². The number of alkyl halides is 2. The van der Waals surface area contributed by atoms with E-state index < -0.39 is 0 Å². The first kappa shape index (κ1) is 8.79. The number of fused-ring (bicyclic) bond motifs is 2. The van der Waals surface area contributed by atoms with E-state index in [0.717, 1.165) is 17.3 Å². The van der Waals surface area contributed by atoms with Crippen molar-refractivity contribution in [1.82, 2.24) is 0 Å². The molecular formula is C9H14BrI. The Balaban J connectivity index is 2.15. The van der Waals surface area contributed by atoms with E-state index >= 15 is 0 Å². The van der Waals surface area contributed by atoms with Crippen molar-refractivity contribution in [3.8, 4) is 0 Å². The van der Waals surface area contributed by atoms with Gasteiger partial charge in [0.25, 0.3) is 0 Å². The van der Waals surface area contributed by atoms with Gasteiger partial charge in [-0.1, -0.05) is 38.5 Å². The zero-order valence-corrected chi connectivity index (χ0v) is 10.4. The lowest BCUT2D eigenvalue weighted by Crippen LogP contribution is -2.27. The van der Waals surface area contributed by atoms with E-state index in [1.54, 1.807) is 0 Å². The van der Waals surface area contributed by atoms with Gasteiger partial charge in [-0.3, -0.25) is 0 Å². The normalized spacial score (nSPS) is 48.5. The van der Waals surface area contributed by atoms with Gasteiger partial charge in [-0.2, -0.15) is 0 Å². The Morgan fingerprint density at radius 2 is 2.36 bits per heavy atom. The van der Waals surface area contributed by atoms with Gasteiger partial charge in [-0.25, -0.2) is 0 Å². The summed E-state index contributed by atoms with van der Waals surface area (Å²) in [5.74, 6) is 2.12. The van der Waals surface area contributed by atoms with Gasteiger partial charge in [0.15, 0.2) is 0 Å². The third kappa shape index (κ3) is 1.28. The lowest BCUT2D eigenvalue weighted by atomic mass is 9.78. The molecule has 11 heavy (non-hydrogen) atoms. The molecule has 2 aliphatic carbocycles. The Hall–Kier alpha value is 1.21. The summed E-state index contributed by atoms with van der Waals surface area (Å²) in [5, 5.41) is 1.25. The molecule has 0 aromatic carbocycles. The average Bonchev–Trinajstić information content (AvgIpc) is 2.60. The lowest BCUT2D eigenvalue weighted by Gasteiger charge is -2.32. The third-order valence-corrected chi connectivity index (χ3v) is 5.86. The van der Waals surface area contributed by atoms with Gasteiger partial charge in [0, 0.05) is 9.76 Å². The van der Waals surface area contributed by atoms with Crippen molar-refractivity contribution in [2.24, 2.45) is 17.3 Å². The molecule has 0 amide bonds. The number of hydrogen-bond donors (Lipinski definition) is 0. The van der Waals surface area contributed by atoms with Gasteiger partial charge in [-0.15, -0.1) is 0 Å². The maximum absolute atomic E-state index is 3.70. The average molecular weight is 329 g/mol. The van der Waals surface area contributed by atoms with E-state index in [-0.39, 0.29) is 0 Å². The van der Waals surface area contributed by atoms with Crippen molar-refractivity contribution in [3.63, 3.8) is 0 Å². The van der Waals surface area contributed by atoms with Crippen molar-refractivity contribution in [2.45, 2.75) is 25.7 Å². The first-order valence-corrected chi connectivity index (χ1v) is 7.07. The van der Waals surface area contributed by atoms with Crippen LogP contribution in [-0.4, -0.2) is 9.76 Å². The van der Waals surface area contributed by atoms with Gasteiger partial charge in [0.05, 0.1) is 0 Å². The number of halogens is 2. The molecule has 0 radical (unpaired) electrons. The van der Waals surface area contributed by atoms with Crippen LogP contribution in [0.3, 0.4) is 0 Å². The summed E-state index contributed by atoms with van der Waals surface area (Å²) in [6, 6.07) is 0. The molecule has 0 N–H and O–H groups in total. The van der Waals surface area contributed by atoms with Crippen molar-refractivity contribution in [1.29, 1.82) is 0 Å². The maximum Gasteiger partial charge on any atom is 0.00909 e. The molecule has 0 spiro atoms. The fourth-order valence-electron chi connectivity index (χ4n) is 2.95. The third-order valence-electron chi connectivity index (χ3n) is 3.68. The predicted octanol–water partition coefficient (Wildman–Crippen LogP) is 3.62. The second kappa shape index (κ2) is 3.17. The van der Waals surface area contributed by atoms with Crippen LogP contribution in [0.5, 0.6) is 0 Å². The smallest absolute Gasteiger partial charge is 0.00909 e. The fraction of sp³-hybridized carbons (Fsp3) is 1.00. The van der Waals surface area contributed by atoms with Crippen LogP contribution in [0.15, 0.2) is 0 Å². The zero-order chi connectivity index (χ0) is 7.90. The topological polar surface area (TPSA) is 0 Å². The Labute approximate surface area is 90.8 Å². The highest BCUT2D eigenvalue weighted by atomic mass is 127. The molecule has 0 saturated heterocycles.